The molecule has 1 unspecified atom stereocenters. The Morgan fingerprint density at radius 3 is 2.65 bits per heavy atom. The van der Waals surface area contributed by atoms with Gasteiger partial charge >= 0.3 is 6.18 Å². The van der Waals surface area contributed by atoms with Crippen molar-refractivity contribution in [3.63, 3.8) is 0 Å². The third-order valence-electron chi connectivity index (χ3n) is 3.94. The molecule has 1 aliphatic heterocycles. The van der Waals surface area contributed by atoms with Crippen LogP contribution < -0.4 is 10.0 Å². The van der Waals surface area contributed by atoms with Gasteiger partial charge in [-0.2, -0.15) is 13.2 Å². The van der Waals surface area contributed by atoms with Gasteiger partial charge in [0.2, 0.25) is 10.0 Å². The maximum absolute atomic E-state index is 12.9. The second kappa shape index (κ2) is 7.63. The maximum atomic E-state index is 12.9. The van der Waals surface area contributed by atoms with Crippen molar-refractivity contribution in [2.24, 2.45) is 5.92 Å². The Kier molecular flexibility index (Phi) is 6.05. The molecule has 0 spiro atoms. The zero-order valence-corrected chi connectivity index (χ0v) is 13.5. The molecule has 2 N–H and O–H groups in total. The number of hydrogen-bond donors (Lipinski definition) is 2. The Morgan fingerprint density at radius 1 is 1.26 bits per heavy atom. The summed E-state index contributed by atoms with van der Waals surface area (Å²) in [6, 6.07) is 4.77. The minimum atomic E-state index is -4.56. The molecule has 1 saturated heterocycles. The average Bonchev–Trinajstić information content (AvgIpc) is 2.47. The van der Waals surface area contributed by atoms with Gasteiger partial charge in [-0.05, 0) is 49.9 Å². The van der Waals surface area contributed by atoms with Crippen molar-refractivity contribution in [3.8, 4) is 0 Å². The zero-order chi connectivity index (χ0) is 16.9. The van der Waals surface area contributed by atoms with Crippen LogP contribution in [0.2, 0.25) is 0 Å². The summed E-state index contributed by atoms with van der Waals surface area (Å²) in [7, 11) is -3.79. The first-order valence-electron chi connectivity index (χ1n) is 7.61. The monoisotopic (exact) mass is 350 g/mol. The van der Waals surface area contributed by atoms with E-state index in [0.29, 0.717) is 12.3 Å². The lowest BCUT2D eigenvalue weighted by Crippen LogP contribution is -2.33. The summed E-state index contributed by atoms with van der Waals surface area (Å²) in [6.07, 6.45) is -1.75. The van der Waals surface area contributed by atoms with Gasteiger partial charge in [0, 0.05) is 6.54 Å². The summed E-state index contributed by atoms with van der Waals surface area (Å²) in [5, 5.41) is 3.24. The second-order valence-electron chi connectivity index (χ2n) is 5.81. The minimum absolute atomic E-state index is 0.230. The van der Waals surface area contributed by atoms with Crippen LogP contribution in [0.5, 0.6) is 0 Å². The molecule has 2 rings (SSSR count). The lowest BCUT2D eigenvalue weighted by atomic mass is 9.96. The smallest absolute Gasteiger partial charge is 0.316 e. The molecule has 1 aliphatic rings. The van der Waals surface area contributed by atoms with E-state index < -0.39 is 27.5 Å². The van der Waals surface area contributed by atoms with Gasteiger partial charge in [-0.1, -0.05) is 18.2 Å². The SMILES string of the molecule is O=S(=O)(Cc1ccccc1C(F)(F)F)NCCC1CCCNC1. The molecule has 1 aromatic rings. The normalized spacial score (nSPS) is 19.7. The molecule has 0 aliphatic carbocycles. The van der Waals surface area contributed by atoms with Gasteiger partial charge in [0.05, 0.1) is 11.3 Å². The molecule has 130 valence electrons. The Hall–Kier alpha value is -1.12. The Balaban J connectivity index is 1.93. The number of rotatable bonds is 6. The molecule has 0 aromatic heterocycles. The second-order valence-corrected chi connectivity index (χ2v) is 7.62. The first kappa shape index (κ1) is 18.2. The molecule has 0 radical (unpaired) electrons. The molecule has 1 fully saturated rings. The van der Waals surface area contributed by atoms with Gasteiger partial charge in [0.1, 0.15) is 0 Å². The van der Waals surface area contributed by atoms with Crippen LogP contribution in [0, 0.1) is 5.92 Å². The number of alkyl halides is 3. The Bertz CT molecular complexity index is 611. The van der Waals surface area contributed by atoms with Gasteiger partial charge in [0.25, 0.3) is 0 Å². The zero-order valence-electron chi connectivity index (χ0n) is 12.7. The van der Waals surface area contributed by atoms with E-state index >= 15 is 0 Å². The molecule has 1 atom stereocenters. The fourth-order valence-corrected chi connectivity index (χ4v) is 3.96. The molecular weight excluding hydrogens is 329 g/mol. The Labute approximate surface area is 134 Å². The average molecular weight is 350 g/mol. The van der Waals surface area contributed by atoms with E-state index in [0.717, 1.165) is 32.0 Å². The van der Waals surface area contributed by atoms with Crippen molar-refractivity contribution in [1.29, 1.82) is 0 Å². The van der Waals surface area contributed by atoms with Crippen LogP contribution in [0.25, 0.3) is 0 Å². The highest BCUT2D eigenvalue weighted by Gasteiger charge is 2.33. The van der Waals surface area contributed by atoms with Crippen molar-refractivity contribution in [2.45, 2.75) is 31.2 Å². The summed E-state index contributed by atoms with van der Waals surface area (Å²) in [5.41, 5.74) is -1.13. The lowest BCUT2D eigenvalue weighted by molar-refractivity contribution is -0.138. The fraction of sp³-hybridized carbons (Fsp3) is 0.600. The van der Waals surface area contributed by atoms with Crippen LogP contribution in [0.15, 0.2) is 24.3 Å². The number of sulfonamides is 1. The number of piperidine rings is 1. The summed E-state index contributed by atoms with van der Waals surface area (Å²) < 4.78 is 65.2. The van der Waals surface area contributed by atoms with Crippen LogP contribution in [0.4, 0.5) is 13.2 Å². The predicted molar refractivity (Wildman–Crippen MR) is 82.3 cm³/mol. The van der Waals surface area contributed by atoms with Gasteiger partial charge in [0.15, 0.2) is 0 Å². The fourth-order valence-electron chi connectivity index (χ4n) is 2.77. The van der Waals surface area contributed by atoms with E-state index in [1.807, 2.05) is 0 Å². The standard InChI is InChI=1S/C15H21F3N2O2S/c16-15(17,18)14-6-2-1-5-13(14)11-23(21,22)20-9-7-12-4-3-8-19-10-12/h1-2,5-6,12,19-20H,3-4,7-11H2. The first-order valence-corrected chi connectivity index (χ1v) is 9.26. The molecule has 0 saturated carbocycles. The van der Waals surface area contributed by atoms with Crippen molar-refractivity contribution in [1.82, 2.24) is 10.0 Å². The van der Waals surface area contributed by atoms with Crippen molar-refractivity contribution in [2.75, 3.05) is 19.6 Å². The topological polar surface area (TPSA) is 58.2 Å². The highest BCUT2D eigenvalue weighted by atomic mass is 32.2. The van der Waals surface area contributed by atoms with E-state index in [1.54, 1.807) is 0 Å². The number of hydrogen-bond acceptors (Lipinski definition) is 3. The minimum Gasteiger partial charge on any atom is -0.316 e. The molecule has 23 heavy (non-hydrogen) atoms. The Morgan fingerprint density at radius 2 is 2.00 bits per heavy atom. The van der Waals surface area contributed by atoms with E-state index in [4.69, 9.17) is 0 Å². The highest BCUT2D eigenvalue weighted by Crippen LogP contribution is 2.32. The quantitative estimate of drug-likeness (QED) is 0.829. The van der Waals surface area contributed by atoms with E-state index in [1.165, 1.54) is 18.2 Å². The van der Waals surface area contributed by atoms with Crippen molar-refractivity contribution < 1.29 is 21.6 Å². The summed E-state index contributed by atoms with van der Waals surface area (Å²) in [5.74, 6) is -0.250. The van der Waals surface area contributed by atoms with Crippen LogP contribution in [0.3, 0.4) is 0 Å². The molecule has 8 heteroatoms. The van der Waals surface area contributed by atoms with Crippen molar-refractivity contribution >= 4 is 10.0 Å². The van der Waals surface area contributed by atoms with Gasteiger partial charge in [-0.25, -0.2) is 13.1 Å². The summed E-state index contributed by atoms with van der Waals surface area (Å²) in [6.45, 7) is 2.10. The van der Waals surface area contributed by atoms with Crippen LogP contribution in [-0.2, 0) is 22.0 Å². The predicted octanol–water partition coefficient (Wildman–Crippen LogP) is 2.51. The highest BCUT2D eigenvalue weighted by molar-refractivity contribution is 7.88. The van der Waals surface area contributed by atoms with Crippen LogP contribution in [0.1, 0.15) is 30.4 Å². The van der Waals surface area contributed by atoms with E-state index in [9.17, 15) is 21.6 Å². The summed E-state index contributed by atoms with van der Waals surface area (Å²) in [4.78, 5) is 0. The van der Waals surface area contributed by atoms with Crippen LogP contribution >= 0.6 is 0 Å². The van der Waals surface area contributed by atoms with E-state index in [-0.39, 0.29) is 12.1 Å². The largest absolute Gasteiger partial charge is 0.416 e. The molecule has 1 aromatic carbocycles. The molecule has 1 heterocycles. The molecule has 4 nitrogen and oxygen atoms in total. The number of nitrogens with one attached hydrogen (secondary N) is 2. The lowest BCUT2D eigenvalue weighted by Gasteiger charge is -2.22. The number of benzene rings is 1. The maximum Gasteiger partial charge on any atom is 0.416 e. The molecular formula is C15H21F3N2O2S. The van der Waals surface area contributed by atoms with Gasteiger partial charge < -0.3 is 5.32 Å². The molecule has 0 bridgehead atoms. The first-order chi connectivity index (χ1) is 10.8. The van der Waals surface area contributed by atoms with Gasteiger partial charge in [-0.3, -0.25) is 0 Å². The molecule has 0 amide bonds. The number of halogens is 3. The third kappa shape index (κ3) is 5.78. The van der Waals surface area contributed by atoms with Crippen LogP contribution in [-0.4, -0.2) is 28.1 Å². The van der Waals surface area contributed by atoms with Gasteiger partial charge in [-0.15, -0.1) is 0 Å². The van der Waals surface area contributed by atoms with E-state index in [2.05, 4.69) is 10.0 Å². The third-order valence-corrected chi connectivity index (χ3v) is 5.28. The summed E-state index contributed by atoms with van der Waals surface area (Å²) >= 11 is 0. The van der Waals surface area contributed by atoms with Crippen molar-refractivity contribution in [3.05, 3.63) is 35.4 Å².